The van der Waals surface area contributed by atoms with Crippen molar-refractivity contribution in [2.75, 3.05) is 0 Å². The molecule has 134 valence electrons. The van der Waals surface area contributed by atoms with Crippen molar-refractivity contribution >= 4 is 16.7 Å². The summed E-state index contributed by atoms with van der Waals surface area (Å²) in [4.78, 5) is 24.5. The van der Waals surface area contributed by atoms with Gasteiger partial charge in [0.1, 0.15) is 0 Å². The Morgan fingerprint density at radius 2 is 1.92 bits per heavy atom. The lowest BCUT2D eigenvalue weighted by Crippen LogP contribution is -2.38. The van der Waals surface area contributed by atoms with Crippen molar-refractivity contribution in [1.82, 2.24) is 25.3 Å². The third kappa shape index (κ3) is 3.12. The Hall–Kier alpha value is -2.96. The summed E-state index contributed by atoms with van der Waals surface area (Å²) in [5.74, 6) is -0.240. The van der Waals surface area contributed by atoms with Crippen LogP contribution < -0.4 is 10.9 Å². The van der Waals surface area contributed by atoms with E-state index in [2.05, 4.69) is 26.8 Å². The Labute approximate surface area is 150 Å². The van der Waals surface area contributed by atoms with Crippen LogP contribution in [-0.2, 0) is 0 Å². The van der Waals surface area contributed by atoms with Crippen molar-refractivity contribution < 1.29 is 4.79 Å². The maximum atomic E-state index is 12.7. The van der Waals surface area contributed by atoms with Crippen molar-refractivity contribution in [3.05, 3.63) is 58.3 Å². The van der Waals surface area contributed by atoms with Crippen LogP contribution in [0, 0.1) is 6.92 Å². The van der Waals surface area contributed by atoms with E-state index in [0.29, 0.717) is 16.8 Å². The lowest BCUT2D eigenvalue weighted by atomic mass is 9.91. The number of carbonyl (C=O) groups is 1. The first-order valence-electron chi connectivity index (χ1n) is 8.91. The third-order valence-corrected chi connectivity index (χ3v) is 5.05. The number of H-pyrrole nitrogens is 1. The van der Waals surface area contributed by atoms with E-state index in [4.69, 9.17) is 0 Å². The Morgan fingerprint density at radius 1 is 1.19 bits per heavy atom. The molecule has 1 aliphatic carbocycles. The number of hydrogen-bond acceptors (Lipinski definition) is 4. The molecule has 1 aromatic carbocycles. The second-order valence-electron chi connectivity index (χ2n) is 6.92. The molecular formula is C19H21N5O2. The SMILES string of the molecule is Cc1cnn(C2CCC(NC(=O)c3n[nH]c(=O)c4ccccc34)CC2)c1. The summed E-state index contributed by atoms with van der Waals surface area (Å²) >= 11 is 0. The van der Waals surface area contributed by atoms with Crippen molar-refractivity contribution in [2.24, 2.45) is 0 Å². The minimum absolute atomic E-state index is 0.114. The molecule has 3 aromatic rings. The van der Waals surface area contributed by atoms with Gasteiger partial charge in [0, 0.05) is 17.6 Å². The Morgan fingerprint density at radius 3 is 2.62 bits per heavy atom. The number of amides is 1. The normalized spacial score (nSPS) is 20.2. The molecule has 2 heterocycles. The van der Waals surface area contributed by atoms with Gasteiger partial charge in [-0.2, -0.15) is 10.2 Å². The van der Waals surface area contributed by atoms with Gasteiger partial charge < -0.3 is 5.32 Å². The van der Waals surface area contributed by atoms with Gasteiger partial charge in [-0.3, -0.25) is 14.3 Å². The molecule has 26 heavy (non-hydrogen) atoms. The fourth-order valence-corrected chi connectivity index (χ4v) is 3.66. The number of benzene rings is 1. The zero-order chi connectivity index (χ0) is 18.1. The van der Waals surface area contributed by atoms with Crippen LogP contribution in [0.5, 0.6) is 0 Å². The van der Waals surface area contributed by atoms with E-state index in [1.54, 1.807) is 24.3 Å². The minimum atomic E-state index is -0.285. The molecule has 7 heteroatoms. The molecule has 0 saturated heterocycles. The molecule has 1 amide bonds. The molecular weight excluding hydrogens is 330 g/mol. The average Bonchev–Trinajstić information content (AvgIpc) is 3.09. The first-order valence-corrected chi connectivity index (χ1v) is 8.91. The summed E-state index contributed by atoms with van der Waals surface area (Å²) in [6, 6.07) is 7.54. The van der Waals surface area contributed by atoms with Crippen LogP contribution in [0.1, 0.15) is 47.8 Å². The zero-order valence-electron chi connectivity index (χ0n) is 14.6. The van der Waals surface area contributed by atoms with Gasteiger partial charge in [0.15, 0.2) is 5.69 Å². The monoisotopic (exact) mass is 351 g/mol. The highest BCUT2D eigenvalue weighted by atomic mass is 16.2. The highest BCUT2D eigenvalue weighted by molar-refractivity contribution is 6.04. The summed E-state index contributed by atoms with van der Waals surface area (Å²) < 4.78 is 2.03. The van der Waals surface area contributed by atoms with E-state index in [1.165, 1.54) is 0 Å². The predicted octanol–water partition coefficient (Wildman–Crippen LogP) is 2.34. The van der Waals surface area contributed by atoms with E-state index in [-0.39, 0.29) is 23.2 Å². The fraction of sp³-hybridized carbons (Fsp3) is 0.368. The van der Waals surface area contributed by atoms with E-state index < -0.39 is 0 Å². The number of aromatic amines is 1. The molecule has 1 fully saturated rings. The molecule has 0 aliphatic heterocycles. The number of hydrogen-bond donors (Lipinski definition) is 2. The number of nitrogens with zero attached hydrogens (tertiary/aromatic N) is 3. The van der Waals surface area contributed by atoms with Gasteiger partial charge in [0.05, 0.1) is 17.6 Å². The molecule has 0 bridgehead atoms. The highest BCUT2D eigenvalue weighted by Gasteiger charge is 2.25. The third-order valence-electron chi connectivity index (χ3n) is 5.05. The lowest BCUT2D eigenvalue weighted by Gasteiger charge is -2.29. The largest absolute Gasteiger partial charge is 0.348 e. The van der Waals surface area contributed by atoms with Gasteiger partial charge >= 0.3 is 0 Å². The molecule has 2 aromatic heterocycles. The fourth-order valence-electron chi connectivity index (χ4n) is 3.66. The number of nitrogens with one attached hydrogen (secondary N) is 2. The number of rotatable bonds is 3. The predicted molar refractivity (Wildman–Crippen MR) is 98.1 cm³/mol. The van der Waals surface area contributed by atoms with E-state index in [9.17, 15) is 9.59 Å². The van der Waals surface area contributed by atoms with Gasteiger partial charge in [-0.15, -0.1) is 0 Å². The van der Waals surface area contributed by atoms with Crippen molar-refractivity contribution in [3.63, 3.8) is 0 Å². The lowest BCUT2D eigenvalue weighted by molar-refractivity contribution is 0.0917. The maximum Gasteiger partial charge on any atom is 0.272 e. The highest BCUT2D eigenvalue weighted by Crippen LogP contribution is 2.28. The van der Waals surface area contributed by atoms with Crippen LogP contribution in [0.25, 0.3) is 10.8 Å². The van der Waals surface area contributed by atoms with Crippen molar-refractivity contribution in [2.45, 2.75) is 44.7 Å². The quantitative estimate of drug-likeness (QED) is 0.757. The molecule has 2 N–H and O–H groups in total. The van der Waals surface area contributed by atoms with Gasteiger partial charge in [0.2, 0.25) is 0 Å². The van der Waals surface area contributed by atoms with Gasteiger partial charge in [-0.1, -0.05) is 18.2 Å². The van der Waals surface area contributed by atoms with Crippen LogP contribution in [0.2, 0.25) is 0 Å². The van der Waals surface area contributed by atoms with E-state index in [1.807, 2.05) is 17.8 Å². The summed E-state index contributed by atoms with van der Waals surface area (Å²) in [7, 11) is 0. The van der Waals surface area contributed by atoms with Crippen molar-refractivity contribution in [1.29, 1.82) is 0 Å². The second kappa shape index (κ2) is 6.74. The van der Waals surface area contributed by atoms with Crippen LogP contribution in [-0.4, -0.2) is 31.9 Å². The molecule has 0 unspecified atom stereocenters. The first-order chi connectivity index (χ1) is 12.6. The molecule has 0 radical (unpaired) electrons. The number of aromatic nitrogens is 4. The summed E-state index contributed by atoms with van der Waals surface area (Å²) in [5.41, 5.74) is 1.15. The van der Waals surface area contributed by atoms with Crippen LogP contribution >= 0.6 is 0 Å². The smallest absolute Gasteiger partial charge is 0.272 e. The maximum absolute atomic E-state index is 12.7. The van der Waals surface area contributed by atoms with Crippen LogP contribution in [0.15, 0.2) is 41.5 Å². The van der Waals surface area contributed by atoms with E-state index >= 15 is 0 Å². The topological polar surface area (TPSA) is 92.7 Å². The molecule has 4 rings (SSSR count). The molecule has 7 nitrogen and oxygen atoms in total. The van der Waals surface area contributed by atoms with Crippen LogP contribution in [0.4, 0.5) is 0 Å². The van der Waals surface area contributed by atoms with Gasteiger partial charge in [-0.05, 0) is 44.2 Å². The molecule has 1 aliphatic rings. The minimum Gasteiger partial charge on any atom is -0.348 e. The zero-order valence-corrected chi connectivity index (χ0v) is 14.6. The second-order valence-corrected chi connectivity index (χ2v) is 6.92. The van der Waals surface area contributed by atoms with Gasteiger partial charge in [-0.25, -0.2) is 5.10 Å². The first kappa shape index (κ1) is 16.5. The standard InChI is InChI=1S/C19H21N5O2/c1-12-10-20-24(11-12)14-8-6-13(7-9-14)21-19(26)17-15-4-2-3-5-16(15)18(25)23-22-17/h2-5,10-11,13-14H,6-9H2,1H3,(H,21,26)(H,23,25). The number of carbonyl (C=O) groups excluding carboxylic acids is 1. The van der Waals surface area contributed by atoms with Crippen molar-refractivity contribution in [3.8, 4) is 0 Å². The number of fused-ring (bicyclic) bond motifs is 1. The Balaban J connectivity index is 1.45. The Bertz CT molecular complexity index is 998. The summed E-state index contributed by atoms with van der Waals surface area (Å²) in [6.07, 6.45) is 7.70. The molecule has 0 atom stereocenters. The van der Waals surface area contributed by atoms with Gasteiger partial charge in [0.25, 0.3) is 11.5 Å². The number of aryl methyl sites for hydroxylation is 1. The Kier molecular flexibility index (Phi) is 4.28. The van der Waals surface area contributed by atoms with E-state index in [0.717, 1.165) is 31.2 Å². The summed E-state index contributed by atoms with van der Waals surface area (Å²) in [5, 5.41) is 14.9. The van der Waals surface area contributed by atoms with Crippen LogP contribution in [0.3, 0.4) is 0 Å². The molecule has 0 spiro atoms. The molecule has 1 saturated carbocycles. The average molecular weight is 351 g/mol. The summed E-state index contributed by atoms with van der Waals surface area (Å²) in [6.45, 7) is 2.04.